The largest absolute Gasteiger partial charge is 0.476 e. The van der Waals surface area contributed by atoms with Crippen molar-refractivity contribution < 1.29 is 19.4 Å². The second-order valence-electron chi connectivity index (χ2n) is 7.90. The Labute approximate surface area is 217 Å². The molecule has 0 radical (unpaired) electrons. The number of benzene rings is 2. The van der Waals surface area contributed by atoms with Crippen LogP contribution in [0, 0.1) is 0 Å². The number of rotatable bonds is 5. The maximum absolute atomic E-state index is 13.0. The maximum atomic E-state index is 13.0. The van der Waals surface area contributed by atoms with Gasteiger partial charge in [-0.2, -0.15) is 9.78 Å². The minimum Gasteiger partial charge on any atom is -0.476 e. The van der Waals surface area contributed by atoms with Gasteiger partial charge in [0.2, 0.25) is 5.69 Å². The normalized spacial score (nSPS) is 12.8. The van der Waals surface area contributed by atoms with Gasteiger partial charge in [-0.1, -0.05) is 23.2 Å². The second-order valence-corrected chi connectivity index (χ2v) is 8.72. The molecule has 0 fully saturated rings. The van der Waals surface area contributed by atoms with Crippen molar-refractivity contribution in [1.29, 1.82) is 0 Å². The van der Waals surface area contributed by atoms with Crippen molar-refractivity contribution in [3.8, 4) is 17.2 Å². The molecule has 186 valence electrons. The molecule has 1 amide bonds. The van der Waals surface area contributed by atoms with Gasteiger partial charge in [-0.3, -0.25) is 19.6 Å². The van der Waals surface area contributed by atoms with Gasteiger partial charge in [0.15, 0.2) is 5.75 Å². The predicted molar refractivity (Wildman–Crippen MR) is 134 cm³/mol. The van der Waals surface area contributed by atoms with Crippen molar-refractivity contribution >= 4 is 40.8 Å². The molecule has 0 bridgehead atoms. The Morgan fingerprint density at radius 2 is 1.81 bits per heavy atom. The smallest absolute Gasteiger partial charge is 0.362 e. The summed E-state index contributed by atoms with van der Waals surface area (Å²) in [5.74, 6) is -1.31. The molecule has 0 saturated carbocycles. The monoisotopic (exact) mass is 539 g/mol. The number of aromatic amines is 1. The summed E-state index contributed by atoms with van der Waals surface area (Å²) in [7, 11) is 0. The van der Waals surface area contributed by atoms with Gasteiger partial charge in [-0.05, 0) is 54.4 Å². The zero-order valence-electron chi connectivity index (χ0n) is 18.6. The third-order valence-electron chi connectivity index (χ3n) is 5.59. The van der Waals surface area contributed by atoms with Crippen molar-refractivity contribution in [2.75, 3.05) is 11.4 Å². The minimum atomic E-state index is -1.61. The number of H-pyrrole nitrogens is 1. The molecule has 1 aliphatic rings. The lowest BCUT2D eigenvalue weighted by atomic mass is 9.98. The van der Waals surface area contributed by atoms with Crippen LogP contribution in [0.2, 0.25) is 10.0 Å². The van der Waals surface area contributed by atoms with E-state index in [0.29, 0.717) is 34.6 Å². The number of amides is 1. The van der Waals surface area contributed by atoms with Gasteiger partial charge in [0.25, 0.3) is 11.5 Å². The van der Waals surface area contributed by atoms with Crippen molar-refractivity contribution in [2.45, 2.75) is 6.42 Å². The Hall–Kier alpha value is -4.48. The fraction of sp³-hybridized carbons (Fsp3) is 0.0833. The molecule has 11 nitrogen and oxygen atoms in total. The molecule has 2 aromatic heterocycles. The van der Waals surface area contributed by atoms with Gasteiger partial charge in [0.1, 0.15) is 5.75 Å². The third kappa shape index (κ3) is 4.57. The SMILES string of the molecule is O=C(O)c1nn(-c2cc(Cl)c(Oc3ccc4c(c3)CCN(c3cccnc3)C4=O)c(Cl)c2)c(=O)[nH]c1=O. The van der Waals surface area contributed by atoms with Crippen LogP contribution in [0.15, 0.2) is 64.4 Å². The first kappa shape index (κ1) is 24.2. The van der Waals surface area contributed by atoms with E-state index in [1.165, 1.54) is 12.1 Å². The number of nitrogens with one attached hydrogen (secondary N) is 1. The highest BCUT2D eigenvalue weighted by atomic mass is 35.5. The summed E-state index contributed by atoms with van der Waals surface area (Å²) in [6.07, 6.45) is 3.86. The average molecular weight is 540 g/mol. The number of fused-ring (bicyclic) bond motifs is 1. The molecule has 5 rings (SSSR count). The molecule has 0 aliphatic carbocycles. The van der Waals surface area contributed by atoms with Crippen LogP contribution >= 0.6 is 23.2 Å². The Morgan fingerprint density at radius 1 is 1.05 bits per heavy atom. The summed E-state index contributed by atoms with van der Waals surface area (Å²) in [4.78, 5) is 55.7. The van der Waals surface area contributed by atoms with Gasteiger partial charge in [-0.15, -0.1) is 0 Å². The van der Waals surface area contributed by atoms with Gasteiger partial charge in [0, 0.05) is 18.3 Å². The van der Waals surface area contributed by atoms with Gasteiger partial charge < -0.3 is 14.7 Å². The lowest BCUT2D eigenvalue weighted by Crippen LogP contribution is -2.37. The zero-order valence-corrected chi connectivity index (χ0v) is 20.2. The molecule has 0 spiro atoms. The summed E-state index contributed by atoms with van der Waals surface area (Å²) in [6, 6.07) is 11.1. The van der Waals surface area contributed by atoms with E-state index in [4.69, 9.17) is 33.0 Å². The van der Waals surface area contributed by atoms with Crippen LogP contribution in [0.4, 0.5) is 5.69 Å². The Bertz CT molecular complexity index is 1660. The summed E-state index contributed by atoms with van der Waals surface area (Å²) >= 11 is 12.7. The molecular formula is C24H15Cl2N5O6. The fourth-order valence-corrected chi connectivity index (χ4v) is 4.44. The second kappa shape index (κ2) is 9.52. The molecule has 0 saturated heterocycles. The number of carboxylic acid groups (broad SMARTS) is 1. The molecule has 13 heteroatoms. The minimum absolute atomic E-state index is 0.00387. The van der Waals surface area contributed by atoms with Crippen LogP contribution in [-0.2, 0) is 6.42 Å². The lowest BCUT2D eigenvalue weighted by molar-refractivity contribution is 0.0685. The number of aromatic carboxylic acids is 1. The van der Waals surface area contributed by atoms with Crippen LogP contribution in [0.5, 0.6) is 11.5 Å². The quantitative estimate of drug-likeness (QED) is 0.392. The van der Waals surface area contributed by atoms with Crippen LogP contribution in [0.3, 0.4) is 0 Å². The Balaban J connectivity index is 1.43. The van der Waals surface area contributed by atoms with Crippen molar-refractivity contribution in [2.24, 2.45) is 0 Å². The first-order valence-corrected chi connectivity index (χ1v) is 11.5. The number of halogens is 2. The predicted octanol–water partition coefficient (Wildman–Crippen LogP) is 3.32. The van der Waals surface area contributed by atoms with Crippen LogP contribution in [0.25, 0.3) is 5.69 Å². The summed E-state index contributed by atoms with van der Waals surface area (Å²) in [6.45, 7) is 0.469. The topological polar surface area (TPSA) is 147 Å². The number of carbonyl (C=O) groups is 2. The molecule has 4 aromatic rings. The molecule has 37 heavy (non-hydrogen) atoms. The number of carboxylic acids is 1. The van der Waals surface area contributed by atoms with Gasteiger partial charge >= 0.3 is 11.7 Å². The fourth-order valence-electron chi connectivity index (χ4n) is 3.89. The van der Waals surface area contributed by atoms with Crippen LogP contribution < -0.4 is 20.9 Å². The highest BCUT2D eigenvalue weighted by molar-refractivity contribution is 6.37. The van der Waals surface area contributed by atoms with Gasteiger partial charge in [-0.25, -0.2) is 9.59 Å². The average Bonchev–Trinajstić information content (AvgIpc) is 2.86. The molecule has 3 heterocycles. The molecule has 0 atom stereocenters. The Morgan fingerprint density at radius 3 is 2.49 bits per heavy atom. The first-order valence-electron chi connectivity index (χ1n) is 10.7. The first-order chi connectivity index (χ1) is 17.7. The van der Waals surface area contributed by atoms with E-state index in [0.717, 1.165) is 5.56 Å². The summed E-state index contributed by atoms with van der Waals surface area (Å²) in [5, 5.41) is 12.7. The molecule has 1 aliphatic heterocycles. The molecular weight excluding hydrogens is 525 g/mol. The van der Waals surface area contributed by atoms with Crippen molar-refractivity contribution in [3.05, 3.63) is 103 Å². The van der Waals surface area contributed by atoms with E-state index in [1.54, 1.807) is 41.6 Å². The summed E-state index contributed by atoms with van der Waals surface area (Å²) < 4.78 is 6.55. The Kier molecular flexibility index (Phi) is 6.24. The molecule has 2 aromatic carbocycles. The standard InChI is InChI=1S/C24H15Cl2N5O6/c25-17-9-14(31-24(36)28-21(32)19(29-31)23(34)35)10-18(26)20(17)37-15-3-4-16-12(8-15)5-7-30(22(16)33)13-2-1-6-27-11-13/h1-4,6,8-11H,5,7H2,(H,34,35)(H,28,32,36). The van der Waals surface area contributed by atoms with E-state index >= 15 is 0 Å². The number of anilines is 1. The van der Waals surface area contributed by atoms with Gasteiger partial charge in [0.05, 0.1) is 27.6 Å². The highest BCUT2D eigenvalue weighted by Gasteiger charge is 2.26. The van der Waals surface area contributed by atoms with Crippen LogP contribution in [0.1, 0.15) is 26.4 Å². The number of nitrogens with zero attached hydrogens (tertiary/aromatic N) is 4. The number of hydrogen-bond acceptors (Lipinski definition) is 7. The molecule has 2 N–H and O–H groups in total. The summed E-state index contributed by atoms with van der Waals surface area (Å²) in [5.41, 5.74) is -0.945. The van der Waals surface area contributed by atoms with E-state index in [2.05, 4.69) is 10.1 Å². The van der Waals surface area contributed by atoms with E-state index in [9.17, 15) is 19.2 Å². The molecule has 0 unspecified atom stereocenters. The van der Waals surface area contributed by atoms with E-state index < -0.39 is 22.9 Å². The highest BCUT2D eigenvalue weighted by Crippen LogP contribution is 2.39. The number of aromatic nitrogens is 4. The van der Waals surface area contributed by atoms with Crippen molar-refractivity contribution in [1.82, 2.24) is 19.7 Å². The lowest BCUT2D eigenvalue weighted by Gasteiger charge is -2.28. The van der Waals surface area contributed by atoms with Crippen molar-refractivity contribution in [3.63, 3.8) is 0 Å². The zero-order chi connectivity index (χ0) is 26.3. The van der Waals surface area contributed by atoms with E-state index in [1.807, 2.05) is 11.1 Å². The third-order valence-corrected chi connectivity index (χ3v) is 6.15. The number of carbonyl (C=O) groups excluding carboxylic acids is 1. The maximum Gasteiger partial charge on any atom is 0.362 e. The van der Waals surface area contributed by atoms with E-state index in [-0.39, 0.29) is 27.4 Å². The number of hydrogen-bond donors (Lipinski definition) is 2. The van der Waals surface area contributed by atoms with Crippen LogP contribution in [-0.4, -0.2) is 43.3 Å². The number of pyridine rings is 1. The number of ether oxygens (including phenoxy) is 1.